The molecule has 2 heteroatoms. The summed E-state index contributed by atoms with van der Waals surface area (Å²) in [6.45, 7) is 9.36. The number of hydrogen-bond acceptors (Lipinski definition) is 2. The summed E-state index contributed by atoms with van der Waals surface area (Å²) < 4.78 is 0. The Morgan fingerprint density at radius 2 is 1.64 bits per heavy atom. The second-order valence-corrected chi connectivity index (χ2v) is 5.03. The Hall–Kier alpha value is -0.0800. The maximum Gasteiger partial charge on any atom is 0.0404 e. The fourth-order valence-electron chi connectivity index (χ4n) is 1.47. The van der Waals surface area contributed by atoms with Gasteiger partial charge in [-0.15, -0.1) is 0 Å². The molecule has 0 bridgehead atoms. The largest absolute Gasteiger partial charge is 0.313 e. The molecule has 1 aliphatic heterocycles. The zero-order chi connectivity index (χ0) is 8.70. The number of piperidine rings is 1. The van der Waals surface area contributed by atoms with Gasteiger partial charge in [-0.05, 0) is 32.1 Å². The fourth-order valence-corrected chi connectivity index (χ4v) is 1.47. The molecule has 0 atom stereocenters. The highest BCUT2D eigenvalue weighted by atomic mass is 16.5. The van der Waals surface area contributed by atoms with Crippen molar-refractivity contribution in [2.75, 3.05) is 6.54 Å². The Labute approximate surface area is 69.2 Å². The van der Waals surface area contributed by atoms with E-state index >= 15 is 0 Å². The Morgan fingerprint density at radius 3 is 2.00 bits per heavy atom. The maximum absolute atomic E-state index is 9.61. The number of rotatable bonds is 0. The van der Waals surface area contributed by atoms with Gasteiger partial charge in [0, 0.05) is 12.1 Å². The minimum Gasteiger partial charge on any atom is -0.313 e. The Kier molecular flexibility index (Phi) is 2.01. The molecule has 1 saturated heterocycles. The lowest BCUT2D eigenvalue weighted by molar-refractivity contribution is -0.202. The van der Waals surface area contributed by atoms with Gasteiger partial charge in [0.2, 0.25) is 0 Å². The molecule has 11 heavy (non-hydrogen) atoms. The van der Waals surface area contributed by atoms with Crippen LogP contribution in [0.5, 0.6) is 0 Å². The van der Waals surface area contributed by atoms with E-state index in [2.05, 4.69) is 27.7 Å². The van der Waals surface area contributed by atoms with Gasteiger partial charge in [0.15, 0.2) is 0 Å². The van der Waals surface area contributed by atoms with E-state index in [0.717, 1.165) is 13.0 Å². The van der Waals surface area contributed by atoms with Gasteiger partial charge in [-0.1, -0.05) is 13.8 Å². The summed E-state index contributed by atoms with van der Waals surface area (Å²) in [6.07, 6.45) is 2.29. The molecule has 1 N–H and O–H groups in total. The van der Waals surface area contributed by atoms with Crippen molar-refractivity contribution in [1.82, 2.24) is 5.06 Å². The summed E-state index contributed by atoms with van der Waals surface area (Å²) in [5.41, 5.74) is 0.264. The molecule has 0 spiro atoms. The predicted molar refractivity (Wildman–Crippen MR) is 45.6 cm³/mol. The number of hydroxylamine groups is 2. The van der Waals surface area contributed by atoms with Crippen molar-refractivity contribution in [1.29, 1.82) is 0 Å². The highest BCUT2D eigenvalue weighted by molar-refractivity contribution is 4.88. The van der Waals surface area contributed by atoms with Crippen LogP contribution in [0.15, 0.2) is 0 Å². The first kappa shape index (κ1) is 9.01. The van der Waals surface area contributed by atoms with Crippen LogP contribution in [-0.4, -0.2) is 22.4 Å². The van der Waals surface area contributed by atoms with Gasteiger partial charge >= 0.3 is 0 Å². The standard InChI is InChI=1S/C9H19NO/c1-8(2)5-6-9(3,4)10(11)7-8/h11H,5-7H2,1-4H3. The predicted octanol–water partition coefficient (Wildman–Crippen LogP) is 2.28. The van der Waals surface area contributed by atoms with Gasteiger partial charge in [0.05, 0.1) is 0 Å². The molecule has 0 saturated carbocycles. The minimum absolute atomic E-state index is 0.0183. The second-order valence-electron chi connectivity index (χ2n) is 5.03. The maximum atomic E-state index is 9.61. The molecule has 0 aliphatic carbocycles. The molecule has 0 unspecified atom stereocenters. The third-order valence-corrected chi connectivity index (χ3v) is 2.69. The van der Waals surface area contributed by atoms with Crippen LogP contribution in [0.25, 0.3) is 0 Å². The molecule has 1 aliphatic rings. The molecule has 0 aromatic carbocycles. The van der Waals surface area contributed by atoms with Crippen LogP contribution < -0.4 is 0 Å². The van der Waals surface area contributed by atoms with Gasteiger partial charge < -0.3 is 5.21 Å². The molecule has 0 radical (unpaired) electrons. The highest BCUT2D eigenvalue weighted by Crippen LogP contribution is 2.35. The van der Waals surface area contributed by atoms with Crippen molar-refractivity contribution < 1.29 is 5.21 Å². The van der Waals surface area contributed by atoms with E-state index in [9.17, 15) is 5.21 Å². The van der Waals surface area contributed by atoms with Crippen LogP contribution in [0.3, 0.4) is 0 Å². The highest BCUT2D eigenvalue weighted by Gasteiger charge is 2.37. The van der Waals surface area contributed by atoms with E-state index in [-0.39, 0.29) is 11.0 Å². The molecule has 1 fully saturated rings. The Balaban J connectivity index is 2.63. The van der Waals surface area contributed by atoms with Crippen LogP contribution in [0.2, 0.25) is 0 Å². The molecular formula is C9H19NO. The van der Waals surface area contributed by atoms with Crippen molar-refractivity contribution in [3.05, 3.63) is 0 Å². The molecule has 0 aromatic rings. The molecule has 1 rings (SSSR count). The number of hydrogen-bond donors (Lipinski definition) is 1. The zero-order valence-corrected chi connectivity index (χ0v) is 8.02. The van der Waals surface area contributed by atoms with Crippen molar-refractivity contribution >= 4 is 0 Å². The smallest absolute Gasteiger partial charge is 0.0404 e. The average molecular weight is 157 g/mol. The lowest BCUT2D eigenvalue weighted by Gasteiger charge is -2.45. The SMILES string of the molecule is CC1(C)CCC(C)(C)N(O)C1. The molecule has 1 heterocycles. The quantitative estimate of drug-likeness (QED) is 0.583. The second kappa shape index (κ2) is 2.46. The van der Waals surface area contributed by atoms with Gasteiger partial charge in [0.25, 0.3) is 0 Å². The van der Waals surface area contributed by atoms with Gasteiger partial charge in [0.1, 0.15) is 0 Å². The molecular weight excluding hydrogens is 138 g/mol. The summed E-state index contributed by atoms with van der Waals surface area (Å²) in [4.78, 5) is 0. The third kappa shape index (κ3) is 1.94. The molecule has 66 valence electrons. The molecule has 0 amide bonds. The first-order valence-electron chi connectivity index (χ1n) is 4.30. The van der Waals surface area contributed by atoms with Crippen LogP contribution in [-0.2, 0) is 0 Å². The Morgan fingerprint density at radius 1 is 1.09 bits per heavy atom. The summed E-state index contributed by atoms with van der Waals surface area (Å²) in [5, 5.41) is 11.1. The normalized spacial score (nSPS) is 30.3. The van der Waals surface area contributed by atoms with Crippen molar-refractivity contribution in [2.24, 2.45) is 5.41 Å². The van der Waals surface area contributed by atoms with E-state index in [4.69, 9.17) is 0 Å². The third-order valence-electron chi connectivity index (χ3n) is 2.69. The molecule has 0 aromatic heterocycles. The minimum atomic E-state index is -0.0183. The monoisotopic (exact) mass is 157 g/mol. The van der Waals surface area contributed by atoms with Crippen LogP contribution in [0.1, 0.15) is 40.5 Å². The van der Waals surface area contributed by atoms with Gasteiger partial charge in [-0.25, -0.2) is 0 Å². The Bertz CT molecular complexity index is 152. The topological polar surface area (TPSA) is 23.5 Å². The van der Waals surface area contributed by atoms with Gasteiger partial charge in [-0.3, -0.25) is 0 Å². The average Bonchev–Trinajstić information content (AvgIpc) is 1.81. The van der Waals surface area contributed by atoms with Crippen LogP contribution in [0.4, 0.5) is 0 Å². The summed E-state index contributed by atoms with van der Waals surface area (Å²) in [6, 6.07) is 0. The van der Waals surface area contributed by atoms with E-state index < -0.39 is 0 Å². The lowest BCUT2D eigenvalue weighted by Crippen LogP contribution is -2.51. The van der Waals surface area contributed by atoms with Crippen molar-refractivity contribution in [3.63, 3.8) is 0 Å². The first-order valence-corrected chi connectivity index (χ1v) is 4.30. The number of nitrogens with zero attached hydrogens (tertiary/aromatic N) is 1. The van der Waals surface area contributed by atoms with E-state index in [0.29, 0.717) is 0 Å². The fraction of sp³-hybridized carbons (Fsp3) is 1.00. The molecule has 2 nitrogen and oxygen atoms in total. The van der Waals surface area contributed by atoms with Crippen LogP contribution >= 0.6 is 0 Å². The van der Waals surface area contributed by atoms with Crippen molar-refractivity contribution in [3.8, 4) is 0 Å². The van der Waals surface area contributed by atoms with E-state index in [1.54, 1.807) is 0 Å². The lowest BCUT2D eigenvalue weighted by atomic mass is 9.78. The van der Waals surface area contributed by atoms with Crippen LogP contribution in [0, 0.1) is 5.41 Å². The van der Waals surface area contributed by atoms with Crippen molar-refractivity contribution in [2.45, 2.75) is 46.1 Å². The van der Waals surface area contributed by atoms with Gasteiger partial charge in [-0.2, -0.15) is 5.06 Å². The van der Waals surface area contributed by atoms with E-state index in [1.165, 1.54) is 11.5 Å². The first-order chi connectivity index (χ1) is 4.83. The summed E-state index contributed by atoms with van der Waals surface area (Å²) in [7, 11) is 0. The van der Waals surface area contributed by atoms with E-state index in [1.807, 2.05) is 0 Å². The summed E-state index contributed by atoms with van der Waals surface area (Å²) >= 11 is 0. The zero-order valence-electron chi connectivity index (χ0n) is 8.02. The summed E-state index contributed by atoms with van der Waals surface area (Å²) in [5.74, 6) is 0.